The van der Waals surface area contributed by atoms with Gasteiger partial charge in [0, 0.05) is 37.9 Å². The Hall–Kier alpha value is -2.48. The monoisotopic (exact) mass is 608 g/mol. The fourth-order valence-corrected chi connectivity index (χ4v) is 7.39. The smallest absolute Gasteiger partial charge is 0.283 e. The van der Waals surface area contributed by atoms with Crippen molar-refractivity contribution in [2.45, 2.75) is 27.8 Å². The summed E-state index contributed by atoms with van der Waals surface area (Å²) in [5, 5.41) is 14.2. The van der Waals surface area contributed by atoms with E-state index in [1.165, 1.54) is 40.2 Å². The van der Waals surface area contributed by atoms with Gasteiger partial charge in [0.25, 0.3) is 11.8 Å². The lowest BCUT2D eigenvalue weighted by atomic mass is 10.0. The first-order chi connectivity index (χ1) is 17.2. The average Bonchev–Trinajstić information content (AvgIpc) is 2.84. The van der Waals surface area contributed by atoms with Crippen LogP contribution in [0.2, 0.25) is 0 Å². The molecule has 0 unspecified atom stereocenters. The normalized spacial score (nSPS) is 18.9. The highest BCUT2D eigenvalue weighted by molar-refractivity contribution is 9.10. The van der Waals surface area contributed by atoms with Gasteiger partial charge in [0.05, 0.1) is 17.4 Å². The Morgan fingerprint density at radius 1 is 1.19 bits per heavy atom. The van der Waals surface area contributed by atoms with Crippen molar-refractivity contribution in [3.8, 4) is 0 Å². The molecule has 13 heteroatoms. The number of aliphatic carboxylic acids is 1. The molecule has 188 valence electrons. The van der Waals surface area contributed by atoms with Gasteiger partial charge in [0.2, 0.25) is 12.5 Å². The summed E-state index contributed by atoms with van der Waals surface area (Å²) >= 11 is 7.57. The van der Waals surface area contributed by atoms with E-state index >= 15 is 0 Å². The second-order valence-electron chi connectivity index (χ2n) is 7.90. The summed E-state index contributed by atoms with van der Waals surface area (Å²) in [7, 11) is 0. The van der Waals surface area contributed by atoms with Gasteiger partial charge in [-0.15, -0.1) is 35.3 Å². The van der Waals surface area contributed by atoms with E-state index in [0.29, 0.717) is 17.1 Å². The Bertz CT molecular complexity index is 1240. The fourth-order valence-electron chi connectivity index (χ4n) is 3.70. The van der Waals surface area contributed by atoms with Crippen molar-refractivity contribution in [1.29, 1.82) is 0 Å². The number of nitrogens with one attached hydrogen (secondary N) is 1. The van der Waals surface area contributed by atoms with E-state index in [-0.39, 0.29) is 23.9 Å². The van der Waals surface area contributed by atoms with Gasteiger partial charge in [-0.05, 0) is 23.8 Å². The van der Waals surface area contributed by atoms with Crippen LogP contribution in [0.25, 0.3) is 0 Å². The van der Waals surface area contributed by atoms with Crippen LogP contribution in [0.15, 0.2) is 74.3 Å². The highest BCUT2D eigenvalue weighted by Crippen LogP contribution is 2.41. The number of fused-ring (bicyclic) bond motifs is 1. The number of benzene rings is 1. The number of nitrogens with zero attached hydrogens (tertiary/aromatic N) is 2. The van der Waals surface area contributed by atoms with Crippen LogP contribution in [0.3, 0.4) is 0 Å². The molecule has 1 fully saturated rings. The predicted molar refractivity (Wildman–Crippen MR) is 138 cm³/mol. The Labute approximate surface area is 228 Å². The number of carbonyl (C=O) groups is 4. The Balaban J connectivity index is 1.36. The number of hydrogen-bond acceptors (Lipinski definition) is 8. The molecule has 2 aliphatic heterocycles. The third-order valence-corrected chi connectivity index (χ3v) is 9.26. The first-order valence-electron chi connectivity index (χ1n) is 10.7. The highest BCUT2D eigenvalue weighted by Gasteiger charge is 2.52. The third kappa shape index (κ3) is 6.25. The minimum Gasteiger partial charge on any atom is -0.543 e. The van der Waals surface area contributed by atoms with E-state index in [9.17, 15) is 24.3 Å². The molecule has 2 aliphatic rings. The molecule has 2 aromatic rings. The second-order valence-corrected chi connectivity index (χ2v) is 12.0. The first-order valence-corrected chi connectivity index (χ1v) is 14.5. The Morgan fingerprint density at radius 3 is 2.61 bits per heavy atom. The molecule has 0 saturated carbocycles. The van der Waals surface area contributed by atoms with Gasteiger partial charge in [-0.1, -0.05) is 22.0 Å². The molecule has 0 bridgehead atoms. The minimum absolute atomic E-state index is 0.0699. The second kappa shape index (κ2) is 11.7. The molecule has 1 saturated heterocycles. The van der Waals surface area contributed by atoms with Crippen molar-refractivity contribution in [1.82, 2.24) is 10.2 Å². The molecule has 1 aromatic heterocycles. The van der Waals surface area contributed by atoms with E-state index < -0.39 is 29.2 Å². The van der Waals surface area contributed by atoms with Gasteiger partial charge >= 0.3 is 0 Å². The van der Waals surface area contributed by atoms with Crippen LogP contribution < -0.4 is 20.7 Å². The van der Waals surface area contributed by atoms with Crippen LogP contribution in [-0.4, -0.2) is 57.3 Å². The zero-order valence-electron chi connectivity index (χ0n) is 18.7. The van der Waals surface area contributed by atoms with Gasteiger partial charge in [-0.25, -0.2) is 0 Å². The van der Waals surface area contributed by atoms with E-state index in [4.69, 9.17) is 5.73 Å². The summed E-state index contributed by atoms with van der Waals surface area (Å²) in [5.74, 6) is -1.72. The number of hydrogen-bond donors (Lipinski definition) is 2. The molecule has 3 heterocycles. The molecule has 0 radical (unpaired) electrons. The highest BCUT2D eigenvalue weighted by atomic mass is 79.9. The maximum absolute atomic E-state index is 12.8. The quantitative estimate of drug-likeness (QED) is 0.226. The lowest BCUT2D eigenvalue weighted by molar-refractivity contribution is -0.684. The van der Waals surface area contributed by atoms with Crippen LogP contribution in [-0.2, 0) is 25.7 Å². The maximum Gasteiger partial charge on any atom is 0.283 e. The number of carboxylic acid groups (broad SMARTS) is 1. The van der Waals surface area contributed by atoms with Gasteiger partial charge < -0.3 is 21.0 Å². The number of rotatable bonds is 10. The lowest BCUT2D eigenvalue weighted by Gasteiger charge is -2.50. The third-order valence-electron chi connectivity index (χ3n) is 5.34. The predicted octanol–water partition coefficient (Wildman–Crippen LogP) is 0.510. The van der Waals surface area contributed by atoms with Crippen LogP contribution in [0.5, 0.6) is 0 Å². The van der Waals surface area contributed by atoms with Crippen LogP contribution in [0, 0.1) is 0 Å². The molecule has 1 aromatic carbocycles. The number of pyridine rings is 1. The number of carboxylic acids is 1. The number of carbonyl (C=O) groups excluding carboxylic acids is 4. The summed E-state index contributed by atoms with van der Waals surface area (Å²) in [6, 6.07) is 10.4. The Kier molecular flexibility index (Phi) is 8.65. The number of aromatic nitrogens is 1. The SMILES string of the molecule is NC(=O)C[n+]1ccc(SCC2=C(C(=O)[O-])N3C(=O)[C@@H](NC(=O)CSc4cccc(Br)c4)[C@H]3SC2)cc1. The number of amides is 3. The number of thioether (sulfide) groups is 3. The molecule has 4 rings (SSSR count). The zero-order valence-corrected chi connectivity index (χ0v) is 22.8. The molecule has 2 atom stereocenters. The topological polar surface area (TPSA) is 137 Å². The van der Waals surface area contributed by atoms with Crippen LogP contribution in [0.1, 0.15) is 0 Å². The number of halogens is 1. The van der Waals surface area contributed by atoms with Crippen molar-refractivity contribution in [3.63, 3.8) is 0 Å². The molecular weight excluding hydrogens is 588 g/mol. The van der Waals surface area contributed by atoms with E-state index in [0.717, 1.165) is 14.3 Å². The summed E-state index contributed by atoms with van der Waals surface area (Å²) in [6.45, 7) is 0.0699. The minimum atomic E-state index is -1.41. The number of β-lactam (4-membered cyclic amide) rings is 1. The van der Waals surface area contributed by atoms with Gasteiger partial charge in [0.1, 0.15) is 11.4 Å². The molecule has 9 nitrogen and oxygen atoms in total. The maximum atomic E-state index is 12.8. The zero-order chi connectivity index (χ0) is 25.8. The van der Waals surface area contributed by atoms with Crippen molar-refractivity contribution in [2.75, 3.05) is 17.3 Å². The van der Waals surface area contributed by atoms with Crippen molar-refractivity contribution in [3.05, 3.63) is 64.5 Å². The van der Waals surface area contributed by atoms with Gasteiger partial charge in [-0.2, -0.15) is 4.57 Å². The first kappa shape index (κ1) is 26.6. The number of nitrogens with two attached hydrogens (primary N) is 1. The van der Waals surface area contributed by atoms with Gasteiger partial charge in [0.15, 0.2) is 12.4 Å². The van der Waals surface area contributed by atoms with E-state index in [2.05, 4.69) is 21.2 Å². The largest absolute Gasteiger partial charge is 0.543 e. The lowest BCUT2D eigenvalue weighted by Crippen LogP contribution is -2.71. The molecular formula is C23H21BrN4O5S3. The summed E-state index contributed by atoms with van der Waals surface area (Å²) in [4.78, 5) is 51.3. The molecule has 36 heavy (non-hydrogen) atoms. The molecule has 0 aliphatic carbocycles. The van der Waals surface area contributed by atoms with Crippen molar-refractivity contribution < 1.29 is 28.9 Å². The summed E-state index contributed by atoms with van der Waals surface area (Å²) in [5.41, 5.74) is 5.65. The average molecular weight is 610 g/mol. The summed E-state index contributed by atoms with van der Waals surface area (Å²) in [6.07, 6.45) is 3.43. The van der Waals surface area contributed by atoms with Crippen LogP contribution >= 0.6 is 51.2 Å². The number of primary amides is 1. The molecule has 3 N–H and O–H groups in total. The summed E-state index contributed by atoms with van der Waals surface area (Å²) < 4.78 is 2.55. The van der Waals surface area contributed by atoms with Crippen LogP contribution in [0.4, 0.5) is 0 Å². The Morgan fingerprint density at radius 2 is 1.94 bits per heavy atom. The van der Waals surface area contributed by atoms with Crippen molar-refractivity contribution >= 4 is 74.9 Å². The van der Waals surface area contributed by atoms with E-state index in [1.807, 2.05) is 24.3 Å². The van der Waals surface area contributed by atoms with Gasteiger partial charge in [-0.3, -0.25) is 19.3 Å². The molecule has 0 spiro atoms. The standard InChI is InChI=1S/C23H21BrN4O5S3/c24-14-2-1-3-16(8-14)35-12-18(30)26-19-21(31)28-20(23(32)33)13(11-36-22(19)28)10-34-15-4-6-27(7-5-15)9-17(25)29/h1-8,19,22H,9-12H2,(H3-,25,26,29,30,32,33)/t19-,22-/m1/s1. The molecule has 3 amide bonds. The van der Waals surface area contributed by atoms with E-state index in [1.54, 1.807) is 29.1 Å². The van der Waals surface area contributed by atoms with Crippen molar-refractivity contribution in [2.24, 2.45) is 5.73 Å². The fraction of sp³-hybridized carbons (Fsp3) is 0.261.